The van der Waals surface area contributed by atoms with Crippen LogP contribution in [-0.4, -0.2) is 17.7 Å². The lowest BCUT2D eigenvalue weighted by Crippen LogP contribution is -2.31. The molecule has 0 radical (unpaired) electrons. The highest BCUT2D eigenvalue weighted by Crippen LogP contribution is 2.22. The average Bonchev–Trinajstić information content (AvgIpc) is 2.20. The first-order valence-electron chi connectivity index (χ1n) is 5.40. The van der Waals surface area contributed by atoms with E-state index in [4.69, 9.17) is 5.73 Å². The molecule has 1 amide bonds. The summed E-state index contributed by atoms with van der Waals surface area (Å²) in [5.74, 6) is 1.29. The first-order valence-corrected chi connectivity index (χ1v) is 7.35. The molecule has 0 aliphatic rings. The number of nitrogens with one attached hydrogen (secondary N) is 1. The van der Waals surface area contributed by atoms with Gasteiger partial charge in [-0.1, -0.05) is 22.0 Å². The lowest BCUT2D eigenvalue weighted by atomic mass is 10.2. The first-order chi connectivity index (χ1) is 7.99. The van der Waals surface area contributed by atoms with Crippen molar-refractivity contribution in [2.45, 2.75) is 25.6 Å². The molecule has 0 fully saturated rings. The Morgan fingerprint density at radius 1 is 1.53 bits per heavy atom. The van der Waals surface area contributed by atoms with Gasteiger partial charge in [0.05, 0.1) is 5.75 Å². The molecule has 0 aromatic heterocycles. The Balaban J connectivity index is 2.38. The molecule has 1 rings (SSSR count). The summed E-state index contributed by atoms with van der Waals surface area (Å²) in [6.07, 6.45) is 0. The van der Waals surface area contributed by atoms with Crippen molar-refractivity contribution < 1.29 is 4.79 Å². The Hall–Kier alpha value is -0.680. The molecular formula is C12H17BrN2OS. The highest BCUT2D eigenvalue weighted by molar-refractivity contribution is 9.10. The summed E-state index contributed by atoms with van der Waals surface area (Å²) in [6.45, 7) is 3.91. The Labute approximate surface area is 115 Å². The van der Waals surface area contributed by atoms with Gasteiger partial charge in [-0.2, -0.15) is 0 Å². The molecule has 0 unspecified atom stereocenters. The van der Waals surface area contributed by atoms with Gasteiger partial charge < -0.3 is 11.1 Å². The fraction of sp³-hybridized carbons (Fsp3) is 0.417. The zero-order valence-corrected chi connectivity index (χ0v) is 12.4. The molecule has 0 saturated carbocycles. The minimum absolute atomic E-state index is 0.0701. The quantitative estimate of drug-likeness (QED) is 0.821. The van der Waals surface area contributed by atoms with E-state index in [0.29, 0.717) is 5.75 Å². The van der Waals surface area contributed by atoms with Gasteiger partial charge in [-0.3, -0.25) is 4.79 Å². The molecule has 0 saturated heterocycles. The molecule has 0 atom stereocenters. The van der Waals surface area contributed by atoms with Crippen LogP contribution < -0.4 is 11.1 Å². The maximum atomic E-state index is 11.4. The third kappa shape index (κ3) is 5.46. The van der Waals surface area contributed by atoms with Crippen molar-refractivity contribution in [2.24, 2.45) is 0 Å². The third-order valence-corrected chi connectivity index (χ3v) is 3.52. The number of halogens is 1. The second-order valence-electron chi connectivity index (χ2n) is 4.06. The van der Waals surface area contributed by atoms with E-state index in [0.717, 1.165) is 21.5 Å². The largest absolute Gasteiger partial charge is 0.398 e. The van der Waals surface area contributed by atoms with Gasteiger partial charge in [0.15, 0.2) is 0 Å². The van der Waals surface area contributed by atoms with Crippen LogP contribution >= 0.6 is 27.7 Å². The summed E-state index contributed by atoms with van der Waals surface area (Å²) in [7, 11) is 0. The van der Waals surface area contributed by atoms with Gasteiger partial charge in [0.2, 0.25) is 5.91 Å². The van der Waals surface area contributed by atoms with E-state index < -0.39 is 0 Å². The number of hydrogen-bond acceptors (Lipinski definition) is 3. The van der Waals surface area contributed by atoms with Crippen LogP contribution in [0.5, 0.6) is 0 Å². The lowest BCUT2D eigenvalue weighted by Gasteiger charge is -2.09. The van der Waals surface area contributed by atoms with Gasteiger partial charge in [-0.15, -0.1) is 11.8 Å². The summed E-state index contributed by atoms with van der Waals surface area (Å²) < 4.78 is 0.973. The number of hydrogen-bond donors (Lipinski definition) is 2. The van der Waals surface area contributed by atoms with E-state index in [2.05, 4.69) is 21.2 Å². The number of rotatable bonds is 5. The van der Waals surface area contributed by atoms with Crippen molar-refractivity contribution in [1.29, 1.82) is 0 Å². The van der Waals surface area contributed by atoms with Crippen LogP contribution in [0.1, 0.15) is 19.4 Å². The van der Waals surface area contributed by atoms with E-state index in [9.17, 15) is 4.79 Å². The summed E-state index contributed by atoms with van der Waals surface area (Å²) >= 11 is 4.93. The minimum atomic E-state index is 0.0701. The molecular weight excluding hydrogens is 300 g/mol. The molecule has 1 aromatic rings. The zero-order chi connectivity index (χ0) is 12.8. The Morgan fingerprint density at radius 2 is 2.24 bits per heavy atom. The Bertz CT molecular complexity index is 396. The van der Waals surface area contributed by atoms with Gasteiger partial charge in [0.25, 0.3) is 0 Å². The van der Waals surface area contributed by atoms with E-state index in [1.165, 1.54) is 0 Å². The van der Waals surface area contributed by atoms with Crippen LogP contribution in [0.4, 0.5) is 5.69 Å². The molecule has 17 heavy (non-hydrogen) atoms. The first kappa shape index (κ1) is 14.4. The van der Waals surface area contributed by atoms with Gasteiger partial charge in [0, 0.05) is 22.0 Å². The topological polar surface area (TPSA) is 55.1 Å². The fourth-order valence-corrected chi connectivity index (χ4v) is 2.55. The third-order valence-electron chi connectivity index (χ3n) is 2.05. The van der Waals surface area contributed by atoms with Crippen molar-refractivity contribution in [2.75, 3.05) is 11.5 Å². The maximum Gasteiger partial charge on any atom is 0.230 e. The van der Waals surface area contributed by atoms with Crippen molar-refractivity contribution in [3.8, 4) is 0 Å². The smallest absolute Gasteiger partial charge is 0.230 e. The molecule has 3 N–H and O–H groups in total. The van der Waals surface area contributed by atoms with Crippen LogP contribution in [0, 0.1) is 0 Å². The van der Waals surface area contributed by atoms with Crippen molar-refractivity contribution >= 4 is 39.3 Å². The van der Waals surface area contributed by atoms with Crippen LogP contribution in [0.2, 0.25) is 0 Å². The molecule has 0 aliphatic heterocycles. The summed E-state index contributed by atoms with van der Waals surface area (Å²) in [5.41, 5.74) is 7.70. The monoisotopic (exact) mass is 316 g/mol. The lowest BCUT2D eigenvalue weighted by molar-refractivity contribution is -0.119. The number of benzene rings is 1. The van der Waals surface area contributed by atoms with Gasteiger partial charge in [0.1, 0.15) is 0 Å². The van der Waals surface area contributed by atoms with Crippen molar-refractivity contribution in [1.82, 2.24) is 5.32 Å². The molecule has 0 aliphatic carbocycles. The second-order valence-corrected chi connectivity index (χ2v) is 5.96. The molecule has 0 spiro atoms. The second kappa shape index (κ2) is 6.91. The van der Waals surface area contributed by atoms with Gasteiger partial charge in [-0.05, 0) is 31.5 Å². The van der Waals surface area contributed by atoms with Crippen molar-refractivity contribution in [3.63, 3.8) is 0 Å². The highest BCUT2D eigenvalue weighted by Gasteiger charge is 2.05. The number of thioether (sulfide) groups is 1. The average molecular weight is 317 g/mol. The maximum absolute atomic E-state index is 11.4. The predicted octanol–water partition coefficient (Wildman–Crippen LogP) is 2.79. The summed E-state index contributed by atoms with van der Waals surface area (Å²) in [5, 5.41) is 2.85. The van der Waals surface area contributed by atoms with E-state index >= 15 is 0 Å². The normalized spacial score (nSPS) is 10.6. The Morgan fingerprint density at radius 3 is 2.82 bits per heavy atom. The molecule has 5 heteroatoms. The van der Waals surface area contributed by atoms with Gasteiger partial charge in [-0.25, -0.2) is 0 Å². The van der Waals surface area contributed by atoms with Crippen LogP contribution in [0.3, 0.4) is 0 Å². The number of carbonyl (C=O) groups excluding carboxylic acids is 1. The fourth-order valence-electron chi connectivity index (χ4n) is 1.31. The van der Waals surface area contributed by atoms with Crippen LogP contribution in [0.15, 0.2) is 22.7 Å². The molecule has 0 bridgehead atoms. The summed E-state index contributed by atoms with van der Waals surface area (Å²) in [6, 6.07) is 6.01. The zero-order valence-electron chi connectivity index (χ0n) is 10.00. The standard InChI is InChI=1S/C12H17BrN2OS/c1-8(2)15-12(16)7-17-6-9-3-4-10(13)5-11(9)14/h3-5,8H,6-7,14H2,1-2H3,(H,15,16). The number of nitrogens with two attached hydrogens (primary N) is 1. The number of anilines is 1. The molecule has 3 nitrogen and oxygen atoms in total. The highest BCUT2D eigenvalue weighted by atomic mass is 79.9. The van der Waals surface area contributed by atoms with Crippen LogP contribution in [0.25, 0.3) is 0 Å². The summed E-state index contributed by atoms with van der Waals surface area (Å²) in [4.78, 5) is 11.4. The Kier molecular flexibility index (Phi) is 5.85. The molecule has 1 aromatic carbocycles. The predicted molar refractivity (Wildman–Crippen MR) is 78.0 cm³/mol. The molecule has 94 valence electrons. The number of amides is 1. The SMILES string of the molecule is CC(C)NC(=O)CSCc1ccc(Br)cc1N. The van der Waals surface area contributed by atoms with E-state index in [1.807, 2.05) is 32.0 Å². The minimum Gasteiger partial charge on any atom is -0.398 e. The molecule has 0 heterocycles. The van der Waals surface area contributed by atoms with Gasteiger partial charge >= 0.3 is 0 Å². The van der Waals surface area contributed by atoms with E-state index in [-0.39, 0.29) is 11.9 Å². The number of nitrogen functional groups attached to an aromatic ring is 1. The number of carbonyl (C=O) groups is 1. The van der Waals surface area contributed by atoms with E-state index in [1.54, 1.807) is 11.8 Å². The van der Waals surface area contributed by atoms with Crippen molar-refractivity contribution in [3.05, 3.63) is 28.2 Å². The van der Waals surface area contributed by atoms with Crippen LogP contribution in [-0.2, 0) is 10.5 Å².